The Balaban J connectivity index is 1.95. The van der Waals surface area contributed by atoms with Crippen molar-refractivity contribution in [3.8, 4) is 0 Å². The van der Waals surface area contributed by atoms with Crippen molar-refractivity contribution in [1.82, 2.24) is 5.32 Å². The highest BCUT2D eigenvalue weighted by Crippen LogP contribution is 2.14. The van der Waals surface area contributed by atoms with Crippen molar-refractivity contribution in [2.24, 2.45) is 0 Å². The van der Waals surface area contributed by atoms with Crippen LogP contribution in [-0.2, 0) is 6.42 Å². The molecule has 0 radical (unpaired) electrons. The number of hydrogen-bond donors (Lipinski definition) is 1. The molecule has 1 unspecified atom stereocenters. The fourth-order valence-corrected chi connectivity index (χ4v) is 2.40. The second kappa shape index (κ2) is 5.32. The molecule has 1 N–H and O–H groups in total. The van der Waals surface area contributed by atoms with E-state index in [-0.39, 0.29) is 0 Å². The number of nitrogens with one attached hydrogen (secondary N) is 1. The topological polar surface area (TPSA) is 12.0 Å². The van der Waals surface area contributed by atoms with Crippen LogP contribution in [0.5, 0.6) is 0 Å². The highest BCUT2D eigenvalue weighted by atomic mass is 14.9. The minimum atomic E-state index is 0.703. The van der Waals surface area contributed by atoms with E-state index in [1.165, 1.54) is 49.8 Å². The van der Waals surface area contributed by atoms with Crippen molar-refractivity contribution in [3.63, 3.8) is 0 Å². The molecule has 82 valence electrons. The lowest BCUT2D eigenvalue weighted by atomic mass is 10.0. The normalized spacial score (nSPS) is 22.3. The van der Waals surface area contributed by atoms with Crippen LogP contribution in [-0.4, -0.2) is 12.6 Å². The first-order valence-corrected chi connectivity index (χ1v) is 6.13. The van der Waals surface area contributed by atoms with Crippen molar-refractivity contribution in [3.05, 3.63) is 35.4 Å². The summed E-state index contributed by atoms with van der Waals surface area (Å²) < 4.78 is 0. The maximum atomic E-state index is 3.65. The van der Waals surface area contributed by atoms with Crippen LogP contribution in [0.4, 0.5) is 0 Å². The van der Waals surface area contributed by atoms with Gasteiger partial charge < -0.3 is 5.32 Å². The van der Waals surface area contributed by atoms with Gasteiger partial charge in [-0.15, -0.1) is 0 Å². The zero-order valence-corrected chi connectivity index (χ0v) is 9.63. The van der Waals surface area contributed by atoms with Gasteiger partial charge >= 0.3 is 0 Å². The first-order valence-electron chi connectivity index (χ1n) is 6.13. The molecule has 1 aromatic rings. The summed E-state index contributed by atoms with van der Waals surface area (Å²) in [7, 11) is 0. The third kappa shape index (κ3) is 3.35. The molecule has 1 heterocycles. The molecule has 2 rings (SSSR count). The van der Waals surface area contributed by atoms with Crippen molar-refractivity contribution in [2.75, 3.05) is 6.54 Å². The molecule has 0 bridgehead atoms. The summed E-state index contributed by atoms with van der Waals surface area (Å²) in [5, 5.41) is 3.65. The summed E-state index contributed by atoms with van der Waals surface area (Å²) in [5.41, 5.74) is 2.86. The van der Waals surface area contributed by atoms with Crippen LogP contribution in [0.1, 0.15) is 36.8 Å². The number of aryl methyl sites for hydroxylation is 1. The van der Waals surface area contributed by atoms with Crippen molar-refractivity contribution in [1.29, 1.82) is 0 Å². The van der Waals surface area contributed by atoms with E-state index >= 15 is 0 Å². The SMILES string of the molecule is Cc1cccc(CC2CCCCCN2)c1. The largest absolute Gasteiger partial charge is 0.314 e. The Morgan fingerprint density at radius 3 is 3.07 bits per heavy atom. The van der Waals surface area contributed by atoms with Crippen LogP contribution in [0.15, 0.2) is 24.3 Å². The van der Waals surface area contributed by atoms with Crippen LogP contribution < -0.4 is 5.32 Å². The van der Waals surface area contributed by atoms with Gasteiger partial charge in [0.05, 0.1) is 0 Å². The number of benzene rings is 1. The third-order valence-electron chi connectivity index (χ3n) is 3.23. The average Bonchev–Trinajstić information content (AvgIpc) is 2.46. The van der Waals surface area contributed by atoms with E-state index in [1.54, 1.807) is 0 Å². The predicted molar refractivity (Wildman–Crippen MR) is 65.1 cm³/mol. The van der Waals surface area contributed by atoms with Crippen LogP contribution in [0.2, 0.25) is 0 Å². The van der Waals surface area contributed by atoms with Gasteiger partial charge in [-0.05, 0) is 38.3 Å². The molecular formula is C14H21N. The van der Waals surface area contributed by atoms with E-state index < -0.39 is 0 Å². The maximum Gasteiger partial charge on any atom is 0.0107 e. The van der Waals surface area contributed by atoms with Gasteiger partial charge in [-0.25, -0.2) is 0 Å². The summed E-state index contributed by atoms with van der Waals surface area (Å²) >= 11 is 0. The number of hydrogen-bond acceptors (Lipinski definition) is 1. The zero-order chi connectivity index (χ0) is 10.5. The van der Waals surface area contributed by atoms with Gasteiger partial charge in [0.2, 0.25) is 0 Å². The van der Waals surface area contributed by atoms with Crippen molar-refractivity contribution in [2.45, 2.75) is 45.1 Å². The smallest absolute Gasteiger partial charge is 0.0107 e. The van der Waals surface area contributed by atoms with Crippen LogP contribution in [0.25, 0.3) is 0 Å². The van der Waals surface area contributed by atoms with E-state index in [2.05, 4.69) is 36.5 Å². The Bertz CT molecular complexity index is 298. The van der Waals surface area contributed by atoms with E-state index in [9.17, 15) is 0 Å². The van der Waals surface area contributed by atoms with E-state index in [0.29, 0.717) is 6.04 Å². The Kier molecular flexibility index (Phi) is 3.79. The zero-order valence-electron chi connectivity index (χ0n) is 9.63. The molecule has 1 heteroatoms. The fraction of sp³-hybridized carbons (Fsp3) is 0.571. The molecule has 0 saturated carbocycles. The van der Waals surface area contributed by atoms with E-state index in [0.717, 1.165) is 0 Å². The fourth-order valence-electron chi connectivity index (χ4n) is 2.40. The van der Waals surface area contributed by atoms with Gasteiger partial charge in [0.15, 0.2) is 0 Å². The highest BCUT2D eigenvalue weighted by Gasteiger charge is 2.11. The highest BCUT2D eigenvalue weighted by molar-refractivity contribution is 5.23. The predicted octanol–water partition coefficient (Wildman–Crippen LogP) is 3.07. The van der Waals surface area contributed by atoms with E-state index in [4.69, 9.17) is 0 Å². The number of rotatable bonds is 2. The summed E-state index contributed by atoms with van der Waals surface area (Å²) in [6, 6.07) is 9.60. The first-order chi connectivity index (χ1) is 7.34. The molecule has 15 heavy (non-hydrogen) atoms. The molecule has 1 aliphatic rings. The van der Waals surface area contributed by atoms with Gasteiger partial charge in [-0.1, -0.05) is 42.7 Å². The molecular weight excluding hydrogens is 182 g/mol. The average molecular weight is 203 g/mol. The Morgan fingerprint density at radius 2 is 2.20 bits per heavy atom. The van der Waals surface area contributed by atoms with Crippen LogP contribution in [0.3, 0.4) is 0 Å². The molecule has 1 nitrogen and oxygen atoms in total. The summed E-state index contributed by atoms with van der Waals surface area (Å²) in [5.74, 6) is 0. The van der Waals surface area contributed by atoms with Crippen LogP contribution in [0, 0.1) is 6.92 Å². The molecule has 1 aliphatic heterocycles. The van der Waals surface area contributed by atoms with Crippen molar-refractivity contribution >= 4 is 0 Å². The van der Waals surface area contributed by atoms with Gasteiger partial charge in [-0.3, -0.25) is 0 Å². The molecule has 1 aromatic carbocycles. The lowest BCUT2D eigenvalue weighted by molar-refractivity contribution is 0.507. The van der Waals surface area contributed by atoms with Crippen LogP contribution >= 0.6 is 0 Å². The third-order valence-corrected chi connectivity index (χ3v) is 3.23. The Labute approximate surface area is 92.9 Å². The minimum Gasteiger partial charge on any atom is -0.314 e. The first kappa shape index (κ1) is 10.7. The standard InChI is InChI=1S/C14H21N/c1-12-6-5-7-13(10-12)11-14-8-3-2-4-9-15-14/h5-7,10,14-15H,2-4,8-9,11H2,1H3. The lowest BCUT2D eigenvalue weighted by Crippen LogP contribution is -2.30. The minimum absolute atomic E-state index is 0.703. The van der Waals surface area contributed by atoms with Gasteiger partial charge in [-0.2, -0.15) is 0 Å². The van der Waals surface area contributed by atoms with Gasteiger partial charge in [0, 0.05) is 6.04 Å². The molecule has 0 aromatic heterocycles. The molecule has 1 atom stereocenters. The second-order valence-corrected chi connectivity index (χ2v) is 4.69. The molecule has 0 amide bonds. The Morgan fingerprint density at radius 1 is 1.27 bits per heavy atom. The van der Waals surface area contributed by atoms with Crippen molar-refractivity contribution < 1.29 is 0 Å². The van der Waals surface area contributed by atoms with E-state index in [1.807, 2.05) is 0 Å². The molecule has 1 fully saturated rings. The Hall–Kier alpha value is -0.820. The maximum absolute atomic E-state index is 3.65. The molecule has 0 spiro atoms. The molecule has 1 saturated heterocycles. The quantitative estimate of drug-likeness (QED) is 0.779. The van der Waals surface area contributed by atoms with Gasteiger partial charge in [0.25, 0.3) is 0 Å². The summed E-state index contributed by atoms with van der Waals surface area (Å²) in [6.07, 6.45) is 6.68. The van der Waals surface area contributed by atoms with Gasteiger partial charge in [0.1, 0.15) is 0 Å². The lowest BCUT2D eigenvalue weighted by Gasteiger charge is -2.15. The second-order valence-electron chi connectivity index (χ2n) is 4.69. The molecule has 0 aliphatic carbocycles. The summed E-state index contributed by atoms with van der Waals surface area (Å²) in [6.45, 7) is 3.38. The summed E-state index contributed by atoms with van der Waals surface area (Å²) in [4.78, 5) is 0. The monoisotopic (exact) mass is 203 g/mol.